The molecule has 0 amide bonds. The first kappa shape index (κ1) is 15.3. The third-order valence-corrected chi connectivity index (χ3v) is 2.78. The second-order valence-corrected chi connectivity index (χ2v) is 4.91. The molecule has 19 heavy (non-hydrogen) atoms. The number of nitrogen functional groups attached to an aromatic ring is 1. The van der Waals surface area contributed by atoms with Crippen molar-refractivity contribution in [1.82, 2.24) is 0 Å². The van der Waals surface area contributed by atoms with Crippen molar-refractivity contribution in [2.75, 3.05) is 37.4 Å². The summed E-state index contributed by atoms with van der Waals surface area (Å²) in [5.41, 5.74) is 6.95. The van der Waals surface area contributed by atoms with Crippen LogP contribution in [0.2, 0.25) is 0 Å². The zero-order valence-electron chi connectivity index (χ0n) is 11.7. The van der Waals surface area contributed by atoms with Crippen LogP contribution in [0.25, 0.3) is 0 Å². The third kappa shape index (κ3) is 4.44. The zero-order valence-corrected chi connectivity index (χ0v) is 11.7. The average molecular weight is 266 g/mol. The van der Waals surface area contributed by atoms with Crippen molar-refractivity contribution < 1.29 is 14.6 Å². The van der Waals surface area contributed by atoms with E-state index in [4.69, 9.17) is 15.6 Å². The molecule has 0 aliphatic carbocycles. The van der Waals surface area contributed by atoms with E-state index < -0.39 is 5.97 Å². The van der Waals surface area contributed by atoms with E-state index in [0.717, 1.165) is 18.8 Å². The highest BCUT2D eigenvalue weighted by Crippen LogP contribution is 2.22. The number of methoxy groups -OCH3 is 1. The lowest BCUT2D eigenvalue weighted by Gasteiger charge is -2.27. The van der Waals surface area contributed by atoms with Crippen LogP contribution in [0.15, 0.2) is 18.2 Å². The fraction of sp³-hybridized carbons (Fsp3) is 0.500. The van der Waals surface area contributed by atoms with Crippen LogP contribution < -0.4 is 10.6 Å². The number of hydrogen-bond acceptors (Lipinski definition) is 4. The number of aromatic carboxylic acids is 1. The van der Waals surface area contributed by atoms with Gasteiger partial charge in [0.2, 0.25) is 0 Å². The Morgan fingerprint density at radius 3 is 2.68 bits per heavy atom. The molecule has 1 aromatic carbocycles. The highest BCUT2D eigenvalue weighted by molar-refractivity contribution is 5.94. The maximum Gasteiger partial charge on any atom is 0.337 e. The van der Waals surface area contributed by atoms with Crippen molar-refractivity contribution >= 4 is 17.3 Å². The monoisotopic (exact) mass is 266 g/mol. The summed E-state index contributed by atoms with van der Waals surface area (Å²) < 4.78 is 5.09. The molecule has 0 saturated heterocycles. The van der Waals surface area contributed by atoms with E-state index in [9.17, 15) is 4.79 Å². The minimum Gasteiger partial charge on any atom is -0.478 e. The maximum atomic E-state index is 11.1. The molecular weight excluding hydrogens is 244 g/mol. The van der Waals surface area contributed by atoms with Gasteiger partial charge in [0.25, 0.3) is 0 Å². The molecule has 5 nitrogen and oxygen atoms in total. The van der Waals surface area contributed by atoms with Crippen molar-refractivity contribution in [3.8, 4) is 0 Å². The number of rotatable bonds is 7. The number of ether oxygens (including phenoxy) is 1. The predicted octanol–water partition coefficient (Wildman–Crippen LogP) is 2.08. The van der Waals surface area contributed by atoms with E-state index in [-0.39, 0.29) is 11.3 Å². The van der Waals surface area contributed by atoms with Gasteiger partial charge < -0.3 is 20.5 Å². The Kier molecular flexibility index (Phi) is 5.63. The summed E-state index contributed by atoms with van der Waals surface area (Å²) in [4.78, 5) is 13.2. The van der Waals surface area contributed by atoms with Gasteiger partial charge in [-0.3, -0.25) is 0 Å². The van der Waals surface area contributed by atoms with Crippen LogP contribution in [0.1, 0.15) is 24.2 Å². The number of benzene rings is 1. The number of carbonyl (C=O) groups is 1. The highest BCUT2D eigenvalue weighted by atomic mass is 16.5. The summed E-state index contributed by atoms with van der Waals surface area (Å²) in [5, 5.41) is 9.11. The fourth-order valence-corrected chi connectivity index (χ4v) is 1.89. The first-order chi connectivity index (χ1) is 8.95. The molecule has 0 aliphatic rings. The van der Waals surface area contributed by atoms with Crippen LogP contribution in [0.5, 0.6) is 0 Å². The highest BCUT2D eigenvalue weighted by Gasteiger charge is 2.13. The Hall–Kier alpha value is -1.75. The molecule has 1 aromatic rings. The van der Waals surface area contributed by atoms with Gasteiger partial charge in [-0.2, -0.15) is 0 Å². The molecule has 0 aromatic heterocycles. The van der Waals surface area contributed by atoms with Gasteiger partial charge in [0.05, 0.1) is 12.2 Å². The van der Waals surface area contributed by atoms with Crippen LogP contribution in [0.4, 0.5) is 11.4 Å². The number of carboxylic acid groups (broad SMARTS) is 1. The maximum absolute atomic E-state index is 11.1. The molecule has 0 bridgehead atoms. The standard InChI is InChI=1S/C14H22N2O3/c1-10(2)9-16(6-7-19-3)11-4-5-13(15)12(8-11)14(17)18/h4-5,8,10H,6-7,9,15H2,1-3H3,(H,17,18). The smallest absolute Gasteiger partial charge is 0.337 e. The van der Waals surface area contributed by atoms with E-state index in [2.05, 4.69) is 18.7 Å². The lowest BCUT2D eigenvalue weighted by Crippen LogP contribution is -2.31. The average Bonchev–Trinajstić information content (AvgIpc) is 2.34. The number of anilines is 2. The first-order valence-electron chi connectivity index (χ1n) is 6.32. The van der Waals surface area contributed by atoms with Crippen LogP contribution in [0.3, 0.4) is 0 Å². The second kappa shape index (κ2) is 6.99. The number of carboxylic acids is 1. The molecule has 0 aliphatic heterocycles. The van der Waals surface area contributed by atoms with E-state index >= 15 is 0 Å². The fourth-order valence-electron chi connectivity index (χ4n) is 1.89. The predicted molar refractivity (Wildman–Crippen MR) is 76.7 cm³/mol. The van der Waals surface area contributed by atoms with Gasteiger partial charge in [-0.25, -0.2) is 4.79 Å². The molecule has 3 N–H and O–H groups in total. The SMILES string of the molecule is COCCN(CC(C)C)c1ccc(N)c(C(=O)O)c1. The molecule has 0 fully saturated rings. The normalized spacial score (nSPS) is 10.7. The van der Waals surface area contributed by atoms with Crippen LogP contribution in [0, 0.1) is 5.92 Å². The van der Waals surface area contributed by atoms with Crippen LogP contribution in [-0.4, -0.2) is 37.9 Å². The summed E-state index contributed by atoms with van der Waals surface area (Å²) in [6.45, 7) is 6.40. The molecule has 106 valence electrons. The van der Waals surface area contributed by atoms with Crippen molar-refractivity contribution in [3.63, 3.8) is 0 Å². The van der Waals surface area contributed by atoms with Gasteiger partial charge in [-0.1, -0.05) is 13.8 Å². The molecule has 0 radical (unpaired) electrons. The lowest BCUT2D eigenvalue weighted by molar-refractivity contribution is 0.0698. The minimum atomic E-state index is -1.00. The minimum absolute atomic E-state index is 0.142. The Morgan fingerprint density at radius 2 is 2.16 bits per heavy atom. The zero-order chi connectivity index (χ0) is 14.4. The lowest BCUT2D eigenvalue weighted by atomic mass is 10.1. The van der Waals surface area contributed by atoms with E-state index in [1.54, 1.807) is 19.2 Å². The summed E-state index contributed by atoms with van der Waals surface area (Å²) >= 11 is 0. The Balaban J connectivity index is 3.00. The van der Waals surface area contributed by atoms with Crippen molar-refractivity contribution in [3.05, 3.63) is 23.8 Å². The van der Waals surface area contributed by atoms with Gasteiger partial charge in [-0.15, -0.1) is 0 Å². The van der Waals surface area contributed by atoms with Gasteiger partial charge in [-0.05, 0) is 24.1 Å². The molecule has 5 heteroatoms. The number of nitrogens with zero attached hydrogens (tertiary/aromatic N) is 1. The molecule has 0 spiro atoms. The Morgan fingerprint density at radius 1 is 1.47 bits per heavy atom. The summed E-state index contributed by atoms with van der Waals surface area (Å²) in [6.07, 6.45) is 0. The van der Waals surface area contributed by atoms with Crippen molar-refractivity contribution in [2.24, 2.45) is 5.92 Å². The van der Waals surface area contributed by atoms with Gasteiger partial charge in [0.15, 0.2) is 0 Å². The molecule has 0 heterocycles. The van der Waals surface area contributed by atoms with E-state index in [1.807, 2.05) is 6.07 Å². The molecule has 1 rings (SSSR count). The van der Waals surface area contributed by atoms with Crippen molar-refractivity contribution in [1.29, 1.82) is 0 Å². The van der Waals surface area contributed by atoms with Crippen molar-refractivity contribution in [2.45, 2.75) is 13.8 Å². The van der Waals surface area contributed by atoms with Crippen LogP contribution >= 0.6 is 0 Å². The molecule has 0 atom stereocenters. The van der Waals surface area contributed by atoms with E-state index in [1.165, 1.54) is 0 Å². The summed E-state index contributed by atoms with van der Waals surface area (Å²) in [7, 11) is 1.65. The molecular formula is C14H22N2O3. The topological polar surface area (TPSA) is 75.8 Å². The summed E-state index contributed by atoms with van der Waals surface area (Å²) in [6, 6.07) is 5.11. The number of nitrogens with two attached hydrogens (primary N) is 1. The first-order valence-corrected chi connectivity index (χ1v) is 6.32. The second-order valence-electron chi connectivity index (χ2n) is 4.91. The number of hydrogen-bond donors (Lipinski definition) is 2. The summed E-state index contributed by atoms with van der Waals surface area (Å²) in [5.74, 6) is -0.529. The van der Waals surface area contributed by atoms with Gasteiger partial charge in [0.1, 0.15) is 0 Å². The molecule has 0 saturated carbocycles. The Bertz CT molecular complexity index is 433. The van der Waals surface area contributed by atoms with Gasteiger partial charge in [0, 0.05) is 31.6 Å². The van der Waals surface area contributed by atoms with Crippen LogP contribution in [-0.2, 0) is 4.74 Å². The third-order valence-electron chi connectivity index (χ3n) is 2.78. The van der Waals surface area contributed by atoms with E-state index in [0.29, 0.717) is 12.5 Å². The molecule has 0 unspecified atom stereocenters. The van der Waals surface area contributed by atoms with Gasteiger partial charge >= 0.3 is 5.97 Å². The Labute approximate surface area is 114 Å². The largest absolute Gasteiger partial charge is 0.478 e. The quantitative estimate of drug-likeness (QED) is 0.739.